The lowest BCUT2D eigenvalue weighted by molar-refractivity contribution is 0.100. The standard InChI is InChI=1S/C9H4FN3O2/c10-7-3-1-2-5-6(4-15-8(5)7)9(14)12-13-11/h1-4H. The van der Waals surface area contributed by atoms with Crippen molar-refractivity contribution in [2.75, 3.05) is 0 Å². The molecule has 0 radical (unpaired) electrons. The molecule has 0 aliphatic carbocycles. The smallest absolute Gasteiger partial charge is 0.253 e. The van der Waals surface area contributed by atoms with Crippen LogP contribution in [0, 0.1) is 5.82 Å². The predicted molar refractivity (Wildman–Crippen MR) is 49.6 cm³/mol. The van der Waals surface area contributed by atoms with Crippen molar-refractivity contribution in [2.24, 2.45) is 5.11 Å². The summed E-state index contributed by atoms with van der Waals surface area (Å²) in [7, 11) is 0. The third-order valence-corrected chi connectivity index (χ3v) is 1.92. The van der Waals surface area contributed by atoms with E-state index in [0.29, 0.717) is 5.39 Å². The highest BCUT2D eigenvalue weighted by Gasteiger charge is 2.14. The Kier molecular flexibility index (Phi) is 2.11. The normalized spacial score (nSPS) is 9.93. The van der Waals surface area contributed by atoms with E-state index < -0.39 is 11.7 Å². The first kappa shape index (κ1) is 9.23. The van der Waals surface area contributed by atoms with E-state index in [9.17, 15) is 9.18 Å². The number of carbonyl (C=O) groups is 1. The van der Waals surface area contributed by atoms with Crippen LogP contribution in [0.25, 0.3) is 21.4 Å². The Bertz CT molecular complexity index is 584. The van der Waals surface area contributed by atoms with Gasteiger partial charge in [-0.2, -0.15) is 0 Å². The average molecular weight is 205 g/mol. The number of halogens is 1. The van der Waals surface area contributed by atoms with E-state index in [1.807, 2.05) is 0 Å². The Balaban J connectivity index is 2.69. The minimum absolute atomic E-state index is 0.0195. The van der Waals surface area contributed by atoms with Crippen LogP contribution in [-0.2, 0) is 0 Å². The number of hydrogen-bond donors (Lipinski definition) is 0. The summed E-state index contributed by atoms with van der Waals surface area (Å²) in [6.07, 6.45) is 1.07. The summed E-state index contributed by atoms with van der Waals surface area (Å²) >= 11 is 0. The number of benzene rings is 1. The minimum atomic E-state index is -0.790. The summed E-state index contributed by atoms with van der Waals surface area (Å²) < 4.78 is 18.0. The molecule has 2 rings (SSSR count). The van der Waals surface area contributed by atoms with Crippen LogP contribution in [0.1, 0.15) is 10.4 Å². The molecule has 0 saturated heterocycles. The van der Waals surface area contributed by atoms with E-state index >= 15 is 0 Å². The van der Waals surface area contributed by atoms with Gasteiger partial charge in [-0.05, 0) is 16.7 Å². The molecule has 0 N–H and O–H groups in total. The second-order valence-corrected chi connectivity index (χ2v) is 2.76. The summed E-state index contributed by atoms with van der Waals surface area (Å²) in [4.78, 5) is 13.6. The predicted octanol–water partition coefficient (Wildman–Crippen LogP) is 3.02. The van der Waals surface area contributed by atoms with Gasteiger partial charge in [0.1, 0.15) is 6.26 Å². The molecule has 1 amide bonds. The third-order valence-electron chi connectivity index (χ3n) is 1.92. The Morgan fingerprint density at radius 1 is 1.53 bits per heavy atom. The van der Waals surface area contributed by atoms with Gasteiger partial charge in [0.2, 0.25) is 0 Å². The van der Waals surface area contributed by atoms with Crippen molar-refractivity contribution in [1.82, 2.24) is 0 Å². The number of rotatable bonds is 1. The van der Waals surface area contributed by atoms with E-state index in [2.05, 4.69) is 10.0 Å². The fraction of sp³-hybridized carbons (Fsp3) is 0. The maximum absolute atomic E-state index is 13.1. The van der Waals surface area contributed by atoms with Gasteiger partial charge in [-0.3, -0.25) is 4.79 Å². The van der Waals surface area contributed by atoms with Crippen molar-refractivity contribution in [2.45, 2.75) is 0 Å². The largest absolute Gasteiger partial charge is 0.460 e. The Morgan fingerprint density at radius 2 is 2.33 bits per heavy atom. The Hall–Kier alpha value is -2.33. The van der Waals surface area contributed by atoms with Crippen LogP contribution in [0.2, 0.25) is 0 Å². The molecule has 1 aromatic carbocycles. The number of furan rings is 1. The highest BCUT2D eigenvalue weighted by Crippen LogP contribution is 2.24. The van der Waals surface area contributed by atoms with Crippen molar-refractivity contribution in [3.8, 4) is 0 Å². The van der Waals surface area contributed by atoms with Gasteiger partial charge in [0.15, 0.2) is 11.4 Å². The van der Waals surface area contributed by atoms with Gasteiger partial charge in [0.05, 0.1) is 5.56 Å². The average Bonchev–Trinajstić information content (AvgIpc) is 2.63. The van der Waals surface area contributed by atoms with Crippen LogP contribution in [0.5, 0.6) is 0 Å². The van der Waals surface area contributed by atoms with Crippen molar-refractivity contribution in [3.05, 3.63) is 46.3 Å². The van der Waals surface area contributed by atoms with Crippen molar-refractivity contribution >= 4 is 16.9 Å². The second kappa shape index (κ2) is 3.43. The number of amides is 1. The quantitative estimate of drug-likeness (QED) is 0.407. The molecule has 74 valence electrons. The van der Waals surface area contributed by atoms with Crippen molar-refractivity contribution in [3.63, 3.8) is 0 Å². The van der Waals surface area contributed by atoms with Gasteiger partial charge in [-0.15, -0.1) is 0 Å². The summed E-state index contributed by atoms with van der Waals surface area (Å²) in [6.45, 7) is 0. The van der Waals surface area contributed by atoms with Crippen LogP contribution in [0.15, 0.2) is 34.0 Å². The lowest BCUT2D eigenvalue weighted by Gasteiger charge is -1.91. The molecule has 0 unspecified atom stereocenters. The van der Waals surface area contributed by atoms with Gasteiger partial charge in [-0.25, -0.2) is 4.39 Å². The molecule has 1 aromatic heterocycles. The Labute approximate surface area is 82.7 Å². The number of hydrogen-bond acceptors (Lipinski definition) is 2. The molecule has 0 spiro atoms. The van der Waals surface area contributed by atoms with Crippen molar-refractivity contribution in [1.29, 1.82) is 0 Å². The molecule has 0 aliphatic rings. The van der Waals surface area contributed by atoms with Crippen molar-refractivity contribution < 1.29 is 13.6 Å². The molecule has 15 heavy (non-hydrogen) atoms. The highest BCUT2D eigenvalue weighted by atomic mass is 19.1. The van der Waals surface area contributed by atoms with Crippen LogP contribution < -0.4 is 0 Å². The molecule has 6 heteroatoms. The summed E-state index contributed by atoms with van der Waals surface area (Å²) in [5.74, 6) is -1.35. The van der Waals surface area contributed by atoms with E-state index in [1.165, 1.54) is 18.2 Å². The summed E-state index contributed by atoms with van der Waals surface area (Å²) in [6, 6.07) is 4.18. The summed E-state index contributed by atoms with van der Waals surface area (Å²) in [5, 5.41) is 3.20. The Morgan fingerprint density at radius 3 is 3.07 bits per heavy atom. The molecule has 0 saturated carbocycles. The molecule has 0 atom stereocenters. The van der Waals surface area contributed by atoms with Gasteiger partial charge in [0.25, 0.3) is 5.91 Å². The monoisotopic (exact) mass is 205 g/mol. The topological polar surface area (TPSA) is 79.0 Å². The van der Waals surface area contributed by atoms with E-state index in [0.717, 1.165) is 6.26 Å². The van der Waals surface area contributed by atoms with Gasteiger partial charge < -0.3 is 4.42 Å². The fourth-order valence-corrected chi connectivity index (χ4v) is 1.28. The molecular weight excluding hydrogens is 201 g/mol. The third kappa shape index (κ3) is 1.43. The summed E-state index contributed by atoms with van der Waals surface area (Å²) in [5.41, 5.74) is 8.13. The lowest BCUT2D eigenvalue weighted by atomic mass is 10.1. The van der Waals surface area contributed by atoms with Gasteiger partial charge >= 0.3 is 0 Å². The first-order valence-corrected chi connectivity index (χ1v) is 3.99. The zero-order valence-corrected chi connectivity index (χ0v) is 7.35. The SMILES string of the molecule is [N-]=[N+]=NC(=O)c1coc2c(F)cccc12. The number of azide groups is 1. The van der Waals surface area contributed by atoms with Crippen LogP contribution >= 0.6 is 0 Å². The minimum Gasteiger partial charge on any atom is -0.460 e. The van der Waals surface area contributed by atoms with E-state index in [-0.39, 0.29) is 11.1 Å². The number of nitrogens with zero attached hydrogens (tertiary/aromatic N) is 3. The molecule has 5 nitrogen and oxygen atoms in total. The second-order valence-electron chi connectivity index (χ2n) is 2.76. The maximum Gasteiger partial charge on any atom is 0.253 e. The number of carbonyl (C=O) groups excluding carboxylic acids is 1. The zero-order valence-electron chi connectivity index (χ0n) is 7.35. The van der Waals surface area contributed by atoms with E-state index in [4.69, 9.17) is 9.95 Å². The number of para-hydroxylation sites is 1. The molecular formula is C9H4FN3O2. The lowest BCUT2D eigenvalue weighted by Crippen LogP contribution is -1.90. The zero-order chi connectivity index (χ0) is 10.8. The van der Waals surface area contributed by atoms with Crippen LogP contribution in [0.3, 0.4) is 0 Å². The molecule has 0 fully saturated rings. The number of fused-ring (bicyclic) bond motifs is 1. The molecule has 2 aromatic rings. The van der Waals surface area contributed by atoms with E-state index in [1.54, 1.807) is 0 Å². The maximum atomic E-state index is 13.1. The van der Waals surface area contributed by atoms with Crippen LogP contribution in [0.4, 0.5) is 4.39 Å². The highest BCUT2D eigenvalue weighted by molar-refractivity contribution is 6.06. The first-order chi connectivity index (χ1) is 7.24. The van der Waals surface area contributed by atoms with Gasteiger partial charge in [-0.1, -0.05) is 12.1 Å². The fourth-order valence-electron chi connectivity index (χ4n) is 1.28. The molecule has 1 heterocycles. The molecule has 0 bridgehead atoms. The van der Waals surface area contributed by atoms with Gasteiger partial charge in [0, 0.05) is 10.3 Å². The van der Waals surface area contributed by atoms with Crippen LogP contribution in [-0.4, -0.2) is 5.91 Å². The first-order valence-electron chi connectivity index (χ1n) is 3.99. The molecule has 0 aliphatic heterocycles.